The molecular formula is C14H18Br2N2O. The van der Waals surface area contributed by atoms with Crippen molar-refractivity contribution in [2.75, 3.05) is 19.6 Å². The van der Waals surface area contributed by atoms with Crippen molar-refractivity contribution in [3.8, 4) is 0 Å². The highest BCUT2D eigenvalue weighted by Gasteiger charge is 2.22. The molecule has 0 bridgehead atoms. The number of nitrogens with zero attached hydrogens (tertiary/aromatic N) is 1. The molecule has 1 aliphatic rings. The summed E-state index contributed by atoms with van der Waals surface area (Å²) in [5.41, 5.74) is 0.725. The molecule has 1 fully saturated rings. The van der Waals surface area contributed by atoms with E-state index in [1.54, 1.807) is 0 Å². The van der Waals surface area contributed by atoms with E-state index in [4.69, 9.17) is 0 Å². The number of rotatable bonds is 4. The van der Waals surface area contributed by atoms with Crippen LogP contribution in [0.5, 0.6) is 0 Å². The number of likely N-dealkylation sites (N-methyl/N-ethyl adjacent to an activating group) is 1. The van der Waals surface area contributed by atoms with Crippen LogP contribution in [0.25, 0.3) is 0 Å². The molecule has 5 heteroatoms. The van der Waals surface area contributed by atoms with Gasteiger partial charge in [0.2, 0.25) is 0 Å². The van der Waals surface area contributed by atoms with Crippen LogP contribution in [0.4, 0.5) is 0 Å². The molecule has 0 spiro atoms. The van der Waals surface area contributed by atoms with Gasteiger partial charge in [0, 0.05) is 28.1 Å². The Balaban J connectivity index is 2.10. The predicted octanol–water partition coefficient (Wildman–Crippen LogP) is 3.43. The summed E-state index contributed by atoms with van der Waals surface area (Å²) in [5, 5.41) is 3.44. The Morgan fingerprint density at radius 2 is 2.26 bits per heavy atom. The first-order valence-electron chi connectivity index (χ1n) is 6.59. The van der Waals surface area contributed by atoms with Crippen molar-refractivity contribution in [1.29, 1.82) is 0 Å². The summed E-state index contributed by atoms with van der Waals surface area (Å²) in [7, 11) is 0. The molecule has 19 heavy (non-hydrogen) atoms. The van der Waals surface area contributed by atoms with Crippen LogP contribution < -0.4 is 5.32 Å². The van der Waals surface area contributed by atoms with E-state index in [0.717, 1.165) is 40.6 Å². The zero-order valence-corrected chi connectivity index (χ0v) is 14.1. The molecule has 0 aromatic heterocycles. The van der Waals surface area contributed by atoms with Gasteiger partial charge in [-0.25, -0.2) is 0 Å². The van der Waals surface area contributed by atoms with Gasteiger partial charge in [0.05, 0.1) is 5.56 Å². The summed E-state index contributed by atoms with van der Waals surface area (Å²) in [6.45, 7) is 4.62. The average Bonchev–Trinajstić information content (AvgIpc) is 2.88. The van der Waals surface area contributed by atoms with E-state index in [0.29, 0.717) is 6.04 Å². The second kappa shape index (κ2) is 6.86. The molecule has 0 aliphatic carbocycles. The van der Waals surface area contributed by atoms with Crippen LogP contribution in [-0.4, -0.2) is 36.5 Å². The Labute approximate surface area is 131 Å². The third-order valence-electron chi connectivity index (χ3n) is 3.43. The quantitative estimate of drug-likeness (QED) is 0.855. The van der Waals surface area contributed by atoms with Gasteiger partial charge >= 0.3 is 0 Å². The van der Waals surface area contributed by atoms with Crippen LogP contribution in [0, 0.1) is 0 Å². The molecule has 1 heterocycles. The van der Waals surface area contributed by atoms with Gasteiger partial charge in [-0.15, -0.1) is 0 Å². The van der Waals surface area contributed by atoms with E-state index in [-0.39, 0.29) is 5.91 Å². The lowest BCUT2D eigenvalue weighted by Gasteiger charge is -2.25. The van der Waals surface area contributed by atoms with Crippen LogP contribution in [0.2, 0.25) is 0 Å². The maximum Gasteiger partial charge on any atom is 0.255 e. The Morgan fingerprint density at radius 3 is 2.84 bits per heavy atom. The highest BCUT2D eigenvalue weighted by Crippen LogP contribution is 2.23. The lowest BCUT2D eigenvalue weighted by Crippen LogP contribution is -2.41. The van der Waals surface area contributed by atoms with Crippen LogP contribution >= 0.6 is 31.9 Å². The summed E-state index contributed by atoms with van der Waals surface area (Å²) < 4.78 is 1.81. The minimum atomic E-state index is 0.0931. The second-order valence-corrected chi connectivity index (χ2v) is 6.53. The Kier molecular flexibility index (Phi) is 5.42. The average molecular weight is 390 g/mol. The van der Waals surface area contributed by atoms with Crippen molar-refractivity contribution in [3.05, 3.63) is 32.7 Å². The van der Waals surface area contributed by atoms with Crippen LogP contribution in [0.15, 0.2) is 27.1 Å². The maximum absolute atomic E-state index is 12.5. The zero-order chi connectivity index (χ0) is 13.8. The number of hydrogen-bond acceptors (Lipinski definition) is 2. The van der Waals surface area contributed by atoms with Crippen LogP contribution in [0.3, 0.4) is 0 Å². The normalized spacial score (nSPS) is 18.6. The standard InChI is InChI=1S/C14H18Br2N2O/c1-2-18(9-11-4-3-7-17-11)14(19)12-6-5-10(15)8-13(12)16/h5-6,8,11,17H,2-4,7,9H2,1H3. The third-order valence-corrected chi connectivity index (χ3v) is 4.58. The van der Waals surface area contributed by atoms with Crippen molar-refractivity contribution >= 4 is 37.8 Å². The lowest BCUT2D eigenvalue weighted by atomic mass is 10.1. The number of amides is 1. The van der Waals surface area contributed by atoms with Gasteiger partial charge in [-0.1, -0.05) is 15.9 Å². The van der Waals surface area contributed by atoms with Crippen molar-refractivity contribution in [3.63, 3.8) is 0 Å². The predicted molar refractivity (Wildman–Crippen MR) is 84.4 cm³/mol. The summed E-state index contributed by atoms with van der Waals surface area (Å²) in [4.78, 5) is 14.5. The molecule has 1 amide bonds. The van der Waals surface area contributed by atoms with Crippen molar-refractivity contribution < 1.29 is 4.79 Å². The van der Waals surface area contributed by atoms with Gasteiger partial charge in [-0.05, 0) is 60.4 Å². The lowest BCUT2D eigenvalue weighted by molar-refractivity contribution is 0.0750. The molecule has 104 valence electrons. The zero-order valence-electron chi connectivity index (χ0n) is 11.0. The minimum Gasteiger partial charge on any atom is -0.337 e. The van der Waals surface area contributed by atoms with E-state index < -0.39 is 0 Å². The van der Waals surface area contributed by atoms with E-state index in [2.05, 4.69) is 37.2 Å². The largest absolute Gasteiger partial charge is 0.337 e. The van der Waals surface area contributed by atoms with E-state index in [9.17, 15) is 4.79 Å². The molecule has 1 aromatic carbocycles. The summed E-state index contributed by atoms with van der Waals surface area (Å²) in [6, 6.07) is 6.12. The van der Waals surface area contributed by atoms with E-state index in [1.165, 1.54) is 6.42 Å². The smallest absolute Gasteiger partial charge is 0.255 e. The molecule has 0 saturated carbocycles. The topological polar surface area (TPSA) is 32.3 Å². The number of nitrogens with one attached hydrogen (secondary N) is 1. The molecule has 1 aliphatic heterocycles. The summed E-state index contributed by atoms with van der Waals surface area (Å²) in [5.74, 6) is 0.0931. The number of carbonyl (C=O) groups is 1. The molecule has 1 aromatic rings. The van der Waals surface area contributed by atoms with Crippen molar-refractivity contribution in [2.45, 2.75) is 25.8 Å². The first-order chi connectivity index (χ1) is 9.11. The highest BCUT2D eigenvalue weighted by atomic mass is 79.9. The fourth-order valence-electron chi connectivity index (χ4n) is 2.37. The van der Waals surface area contributed by atoms with Crippen molar-refractivity contribution in [1.82, 2.24) is 10.2 Å². The Morgan fingerprint density at radius 1 is 1.47 bits per heavy atom. The number of hydrogen-bond donors (Lipinski definition) is 1. The molecule has 1 saturated heterocycles. The summed E-state index contributed by atoms with van der Waals surface area (Å²) >= 11 is 6.87. The monoisotopic (exact) mass is 388 g/mol. The van der Waals surface area contributed by atoms with Gasteiger partial charge in [0.25, 0.3) is 5.91 Å². The van der Waals surface area contributed by atoms with Gasteiger partial charge in [0.1, 0.15) is 0 Å². The van der Waals surface area contributed by atoms with Crippen LogP contribution in [0.1, 0.15) is 30.1 Å². The first kappa shape index (κ1) is 15.0. The second-order valence-electron chi connectivity index (χ2n) is 4.76. The number of carbonyl (C=O) groups excluding carboxylic acids is 1. The third kappa shape index (κ3) is 3.80. The first-order valence-corrected chi connectivity index (χ1v) is 8.18. The van der Waals surface area contributed by atoms with Gasteiger partial charge in [0.15, 0.2) is 0 Å². The molecule has 2 rings (SSSR count). The molecule has 1 unspecified atom stereocenters. The van der Waals surface area contributed by atoms with E-state index in [1.807, 2.05) is 30.0 Å². The maximum atomic E-state index is 12.5. The Bertz CT molecular complexity index is 459. The Hall–Kier alpha value is -0.390. The number of halogens is 2. The van der Waals surface area contributed by atoms with Crippen molar-refractivity contribution in [2.24, 2.45) is 0 Å². The number of benzene rings is 1. The fourth-order valence-corrected chi connectivity index (χ4v) is 3.58. The molecular weight excluding hydrogens is 372 g/mol. The molecule has 0 radical (unpaired) electrons. The molecule has 1 atom stereocenters. The molecule has 3 nitrogen and oxygen atoms in total. The SMILES string of the molecule is CCN(CC1CCCN1)C(=O)c1ccc(Br)cc1Br. The van der Waals surface area contributed by atoms with Gasteiger partial charge < -0.3 is 10.2 Å². The fraction of sp³-hybridized carbons (Fsp3) is 0.500. The minimum absolute atomic E-state index is 0.0931. The van der Waals surface area contributed by atoms with Crippen LogP contribution in [-0.2, 0) is 0 Å². The van der Waals surface area contributed by atoms with E-state index >= 15 is 0 Å². The van der Waals surface area contributed by atoms with Gasteiger partial charge in [-0.3, -0.25) is 4.79 Å². The molecule has 1 N–H and O–H groups in total. The van der Waals surface area contributed by atoms with Gasteiger partial charge in [-0.2, -0.15) is 0 Å². The summed E-state index contributed by atoms with van der Waals surface area (Å²) in [6.07, 6.45) is 2.36. The highest BCUT2D eigenvalue weighted by molar-refractivity contribution is 9.11.